The van der Waals surface area contributed by atoms with Crippen molar-refractivity contribution in [1.29, 1.82) is 0 Å². The van der Waals surface area contributed by atoms with Gasteiger partial charge >= 0.3 is 0 Å². The second kappa shape index (κ2) is 7.45. The molecule has 1 aromatic carbocycles. The molecule has 0 N–H and O–H groups in total. The van der Waals surface area contributed by atoms with Crippen molar-refractivity contribution in [3.05, 3.63) is 29.3 Å². The van der Waals surface area contributed by atoms with Gasteiger partial charge in [0.15, 0.2) is 0 Å². The minimum Gasteiger partial charge on any atom is -0.303 e. The zero-order chi connectivity index (χ0) is 16.2. The molecule has 2 aromatic rings. The van der Waals surface area contributed by atoms with Crippen molar-refractivity contribution in [3.63, 3.8) is 0 Å². The van der Waals surface area contributed by atoms with Gasteiger partial charge in [0, 0.05) is 11.8 Å². The monoisotopic (exact) mass is 331 g/mol. The molecular weight excluding hydrogens is 306 g/mol. The maximum atomic E-state index is 4.20. The maximum absolute atomic E-state index is 4.20. The molecule has 1 aliphatic heterocycles. The van der Waals surface area contributed by atoms with Crippen molar-refractivity contribution in [1.82, 2.24) is 25.1 Å². The number of thioether (sulfide) groups is 1. The number of tetrazole rings is 1. The number of piperidine rings is 1. The predicted molar refractivity (Wildman–Crippen MR) is 94.2 cm³/mol. The number of rotatable bonds is 5. The highest BCUT2D eigenvalue weighted by Crippen LogP contribution is 2.24. The minimum absolute atomic E-state index is 0.710. The fourth-order valence-corrected chi connectivity index (χ4v) is 4.01. The summed E-state index contributed by atoms with van der Waals surface area (Å²) in [6, 6.07) is 7.06. The van der Waals surface area contributed by atoms with E-state index in [1.54, 1.807) is 11.8 Å². The molecule has 124 valence electrons. The van der Waals surface area contributed by atoms with Crippen molar-refractivity contribution < 1.29 is 0 Å². The minimum atomic E-state index is 0.710. The molecule has 5 nitrogen and oxygen atoms in total. The second-order valence-corrected chi connectivity index (χ2v) is 7.47. The third-order valence-corrected chi connectivity index (χ3v) is 5.73. The van der Waals surface area contributed by atoms with Gasteiger partial charge in [0.05, 0.1) is 5.69 Å². The highest BCUT2D eigenvalue weighted by molar-refractivity contribution is 7.99. The van der Waals surface area contributed by atoms with E-state index >= 15 is 0 Å². The van der Waals surface area contributed by atoms with Gasteiger partial charge in [-0.15, -0.1) is 5.10 Å². The van der Waals surface area contributed by atoms with Gasteiger partial charge in [-0.05, 0) is 80.4 Å². The Kier molecular flexibility index (Phi) is 5.33. The van der Waals surface area contributed by atoms with Gasteiger partial charge in [0.1, 0.15) is 0 Å². The lowest BCUT2D eigenvalue weighted by Gasteiger charge is -2.32. The van der Waals surface area contributed by atoms with Crippen molar-refractivity contribution in [2.24, 2.45) is 0 Å². The summed E-state index contributed by atoms with van der Waals surface area (Å²) in [5.74, 6) is 1.06. The first-order valence-corrected chi connectivity index (χ1v) is 9.33. The quantitative estimate of drug-likeness (QED) is 0.787. The van der Waals surface area contributed by atoms with Crippen LogP contribution in [0.2, 0.25) is 0 Å². The molecule has 1 unspecified atom stereocenters. The standard InChI is InChI=1S/C17H25N5S/c1-13-7-8-16(12-14(13)2)22-17(18-19-20-22)23-11-9-15-6-4-5-10-21(15)3/h7-8,12,15H,4-6,9-11H2,1-3H3. The van der Waals surface area contributed by atoms with Crippen LogP contribution in [0, 0.1) is 13.8 Å². The molecule has 1 fully saturated rings. The molecule has 1 aromatic heterocycles. The Morgan fingerprint density at radius 1 is 1.22 bits per heavy atom. The Morgan fingerprint density at radius 2 is 2.09 bits per heavy atom. The van der Waals surface area contributed by atoms with Gasteiger partial charge in [-0.1, -0.05) is 24.2 Å². The summed E-state index contributed by atoms with van der Waals surface area (Å²) < 4.78 is 1.85. The molecule has 0 aliphatic carbocycles. The fourth-order valence-electron chi connectivity index (χ4n) is 3.08. The van der Waals surface area contributed by atoms with E-state index in [2.05, 4.69) is 59.5 Å². The third kappa shape index (κ3) is 3.93. The first-order chi connectivity index (χ1) is 11.1. The summed E-state index contributed by atoms with van der Waals surface area (Å²) in [7, 11) is 2.24. The molecule has 0 spiro atoms. The van der Waals surface area contributed by atoms with Crippen LogP contribution in [0.1, 0.15) is 36.8 Å². The van der Waals surface area contributed by atoms with Gasteiger partial charge in [0.25, 0.3) is 0 Å². The smallest absolute Gasteiger partial charge is 0.214 e. The van der Waals surface area contributed by atoms with Crippen molar-refractivity contribution in [3.8, 4) is 5.69 Å². The van der Waals surface area contributed by atoms with Crippen molar-refractivity contribution in [2.45, 2.75) is 50.7 Å². The molecule has 1 saturated heterocycles. The first-order valence-electron chi connectivity index (χ1n) is 8.34. The Labute approximate surface area is 142 Å². The van der Waals surface area contributed by atoms with E-state index in [0.29, 0.717) is 6.04 Å². The summed E-state index contributed by atoms with van der Waals surface area (Å²) in [5, 5.41) is 13.1. The Hall–Kier alpha value is -1.40. The van der Waals surface area contributed by atoms with Crippen LogP contribution in [0.5, 0.6) is 0 Å². The Morgan fingerprint density at radius 3 is 2.87 bits per heavy atom. The number of benzene rings is 1. The SMILES string of the molecule is Cc1ccc(-n2nnnc2SCCC2CCCCN2C)cc1C. The maximum Gasteiger partial charge on any atom is 0.214 e. The summed E-state index contributed by atoms with van der Waals surface area (Å²) in [5.41, 5.74) is 3.59. The zero-order valence-electron chi connectivity index (χ0n) is 14.2. The van der Waals surface area contributed by atoms with Crippen LogP contribution in [-0.2, 0) is 0 Å². The number of hydrogen-bond acceptors (Lipinski definition) is 5. The highest BCUT2D eigenvalue weighted by atomic mass is 32.2. The molecule has 23 heavy (non-hydrogen) atoms. The summed E-state index contributed by atoms with van der Waals surface area (Å²) in [6.07, 6.45) is 5.21. The topological polar surface area (TPSA) is 46.8 Å². The number of aromatic nitrogens is 4. The molecule has 0 saturated carbocycles. The summed E-state index contributed by atoms with van der Waals surface area (Å²) >= 11 is 1.75. The summed E-state index contributed by atoms with van der Waals surface area (Å²) in [4.78, 5) is 2.50. The molecule has 6 heteroatoms. The molecule has 0 amide bonds. The van der Waals surface area contributed by atoms with Crippen LogP contribution in [-0.4, -0.2) is 50.5 Å². The van der Waals surface area contributed by atoms with Crippen LogP contribution >= 0.6 is 11.8 Å². The lowest BCUT2D eigenvalue weighted by molar-refractivity contribution is 0.182. The van der Waals surface area contributed by atoms with Crippen LogP contribution in [0.3, 0.4) is 0 Å². The van der Waals surface area contributed by atoms with E-state index in [1.807, 2.05) is 4.68 Å². The van der Waals surface area contributed by atoms with E-state index in [1.165, 1.54) is 43.4 Å². The van der Waals surface area contributed by atoms with Gasteiger partial charge < -0.3 is 4.90 Å². The Bertz CT molecular complexity index is 654. The highest BCUT2D eigenvalue weighted by Gasteiger charge is 2.19. The average Bonchev–Trinajstić information content (AvgIpc) is 3.00. The Balaban J connectivity index is 1.63. The van der Waals surface area contributed by atoms with E-state index < -0.39 is 0 Å². The zero-order valence-corrected chi connectivity index (χ0v) is 15.0. The second-order valence-electron chi connectivity index (χ2n) is 6.41. The fraction of sp³-hybridized carbons (Fsp3) is 0.588. The lowest BCUT2D eigenvalue weighted by Crippen LogP contribution is -2.36. The number of likely N-dealkylation sites (tertiary alicyclic amines) is 1. The van der Waals surface area contributed by atoms with Gasteiger partial charge in [-0.2, -0.15) is 4.68 Å². The molecule has 1 atom stereocenters. The van der Waals surface area contributed by atoms with Crippen LogP contribution < -0.4 is 0 Å². The van der Waals surface area contributed by atoms with E-state index in [-0.39, 0.29) is 0 Å². The largest absolute Gasteiger partial charge is 0.303 e. The van der Waals surface area contributed by atoms with E-state index in [0.717, 1.165) is 16.6 Å². The number of aryl methyl sites for hydroxylation is 2. The van der Waals surface area contributed by atoms with Crippen molar-refractivity contribution >= 4 is 11.8 Å². The van der Waals surface area contributed by atoms with Gasteiger partial charge in [-0.25, -0.2) is 0 Å². The molecule has 2 heterocycles. The van der Waals surface area contributed by atoms with Gasteiger partial charge in [-0.3, -0.25) is 0 Å². The third-order valence-electron chi connectivity index (χ3n) is 4.78. The molecule has 0 bridgehead atoms. The van der Waals surface area contributed by atoms with Crippen molar-refractivity contribution in [2.75, 3.05) is 19.3 Å². The molecule has 1 aliphatic rings. The van der Waals surface area contributed by atoms with Crippen LogP contribution in [0.25, 0.3) is 5.69 Å². The van der Waals surface area contributed by atoms with Crippen LogP contribution in [0.4, 0.5) is 0 Å². The molecular formula is C17H25N5S. The van der Waals surface area contributed by atoms with Crippen LogP contribution in [0.15, 0.2) is 23.4 Å². The normalized spacial score (nSPS) is 19.2. The first kappa shape index (κ1) is 16.5. The van der Waals surface area contributed by atoms with E-state index in [9.17, 15) is 0 Å². The average molecular weight is 331 g/mol. The number of nitrogens with zero attached hydrogens (tertiary/aromatic N) is 5. The molecule has 3 rings (SSSR count). The summed E-state index contributed by atoms with van der Waals surface area (Å²) in [6.45, 7) is 5.47. The lowest BCUT2D eigenvalue weighted by atomic mass is 10.0. The predicted octanol–water partition coefficient (Wildman–Crippen LogP) is 3.25. The van der Waals surface area contributed by atoms with E-state index in [4.69, 9.17) is 0 Å². The van der Waals surface area contributed by atoms with Gasteiger partial charge in [0.2, 0.25) is 5.16 Å². The number of hydrogen-bond donors (Lipinski definition) is 0. The molecule has 0 radical (unpaired) electrons.